The van der Waals surface area contributed by atoms with Crippen LogP contribution in [-0.4, -0.2) is 31.6 Å². The van der Waals surface area contributed by atoms with E-state index in [1.165, 1.54) is 18.4 Å². The lowest BCUT2D eigenvalue weighted by molar-refractivity contribution is 0.173. The molecule has 0 bridgehead atoms. The molecule has 0 fully saturated rings. The van der Waals surface area contributed by atoms with Gasteiger partial charge < -0.3 is 10.5 Å². The van der Waals surface area contributed by atoms with Gasteiger partial charge in [-0.05, 0) is 25.5 Å². The summed E-state index contributed by atoms with van der Waals surface area (Å²) in [4.78, 5) is 2.35. The fourth-order valence-electron chi connectivity index (χ4n) is 2.71. The van der Waals surface area contributed by atoms with Crippen LogP contribution in [0.3, 0.4) is 0 Å². The zero-order valence-electron chi connectivity index (χ0n) is 12.7. The van der Waals surface area contributed by atoms with Crippen LogP contribution in [-0.2, 0) is 6.54 Å². The molecule has 0 aliphatic carbocycles. The summed E-state index contributed by atoms with van der Waals surface area (Å²) in [6.45, 7) is 6.09. The van der Waals surface area contributed by atoms with E-state index in [-0.39, 0.29) is 0 Å². The van der Waals surface area contributed by atoms with E-state index in [1.807, 2.05) is 12.1 Å². The molecule has 0 heterocycles. The van der Waals surface area contributed by atoms with Crippen LogP contribution in [0.2, 0.25) is 0 Å². The van der Waals surface area contributed by atoms with Crippen molar-refractivity contribution in [3.05, 3.63) is 29.8 Å². The van der Waals surface area contributed by atoms with Gasteiger partial charge >= 0.3 is 0 Å². The Labute approximate surface area is 117 Å². The second-order valence-electron chi connectivity index (χ2n) is 5.30. The summed E-state index contributed by atoms with van der Waals surface area (Å²) < 4.78 is 5.41. The highest BCUT2D eigenvalue weighted by atomic mass is 16.5. The second kappa shape index (κ2) is 8.18. The number of methoxy groups -OCH3 is 1. The van der Waals surface area contributed by atoms with Crippen LogP contribution >= 0.6 is 0 Å². The summed E-state index contributed by atoms with van der Waals surface area (Å²) in [6, 6.07) is 8.61. The Morgan fingerprint density at radius 2 is 2.00 bits per heavy atom. The maximum absolute atomic E-state index is 5.96. The minimum absolute atomic E-state index is 0.421. The normalized spacial score (nSPS) is 14.4. The van der Waals surface area contributed by atoms with Gasteiger partial charge in [-0.2, -0.15) is 0 Å². The zero-order chi connectivity index (χ0) is 14.3. The third kappa shape index (κ3) is 4.51. The lowest BCUT2D eigenvalue weighted by atomic mass is 9.95. The molecule has 0 spiro atoms. The molecule has 0 saturated heterocycles. The number of ether oxygens (including phenoxy) is 1. The van der Waals surface area contributed by atoms with E-state index < -0.39 is 0 Å². The number of likely N-dealkylation sites (N-methyl/N-ethyl adjacent to an activating group) is 1. The molecule has 1 rings (SSSR count). The van der Waals surface area contributed by atoms with Crippen molar-refractivity contribution in [3.63, 3.8) is 0 Å². The van der Waals surface area contributed by atoms with Gasteiger partial charge in [0.05, 0.1) is 7.11 Å². The van der Waals surface area contributed by atoms with E-state index in [1.54, 1.807) is 7.11 Å². The van der Waals surface area contributed by atoms with Gasteiger partial charge in [0, 0.05) is 24.7 Å². The van der Waals surface area contributed by atoms with E-state index in [0.29, 0.717) is 18.5 Å². The Morgan fingerprint density at radius 3 is 2.58 bits per heavy atom. The molecule has 0 amide bonds. The molecule has 2 N–H and O–H groups in total. The monoisotopic (exact) mass is 264 g/mol. The highest BCUT2D eigenvalue weighted by molar-refractivity contribution is 5.33. The smallest absolute Gasteiger partial charge is 0.123 e. The minimum Gasteiger partial charge on any atom is -0.496 e. The van der Waals surface area contributed by atoms with Crippen molar-refractivity contribution < 1.29 is 4.74 Å². The lowest BCUT2D eigenvalue weighted by Gasteiger charge is -2.32. The fraction of sp³-hybridized carbons (Fsp3) is 0.625. The topological polar surface area (TPSA) is 38.5 Å². The van der Waals surface area contributed by atoms with Crippen molar-refractivity contribution in [2.45, 2.75) is 39.3 Å². The van der Waals surface area contributed by atoms with Crippen molar-refractivity contribution in [1.82, 2.24) is 4.90 Å². The summed E-state index contributed by atoms with van der Waals surface area (Å²) in [5.41, 5.74) is 7.17. The molecule has 0 aliphatic heterocycles. The van der Waals surface area contributed by atoms with Crippen LogP contribution in [0.4, 0.5) is 0 Å². The first kappa shape index (κ1) is 16.0. The Hall–Kier alpha value is -1.06. The molecule has 3 heteroatoms. The van der Waals surface area contributed by atoms with Gasteiger partial charge in [0.2, 0.25) is 0 Å². The Balaban J connectivity index is 2.73. The molecule has 2 unspecified atom stereocenters. The maximum atomic E-state index is 5.96. The number of nitrogens with zero attached hydrogens (tertiary/aromatic N) is 1. The average Bonchev–Trinajstić information content (AvgIpc) is 2.40. The Kier molecular flexibility index (Phi) is 6.89. The summed E-state index contributed by atoms with van der Waals surface area (Å²) in [6.07, 6.45) is 2.43. The third-order valence-electron chi connectivity index (χ3n) is 3.82. The van der Waals surface area contributed by atoms with E-state index >= 15 is 0 Å². The molecule has 0 aromatic heterocycles. The number of hydrogen-bond donors (Lipinski definition) is 1. The zero-order valence-corrected chi connectivity index (χ0v) is 12.7. The van der Waals surface area contributed by atoms with Gasteiger partial charge in [-0.25, -0.2) is 0 Å². The lowest BCUT2D eigenvalue weighted by Crippen LogP contribution is -2.42. The van der Waals surface area contributed by atoms with Crippen molar-refractivity contribution >= 4 is 0 Å². The summed E-state index contributed by atoms with van der Waals surface area (Å²) in [5.74, 6) is 1.57. The minimum atomic E-state index is 0.421. The molecular weight excluding hydrogens is 236 g/mol. The van der Waals surface area contributed by atoms with Crippen molar-refractivity contribution in [2.24, 2.45) is 11.7 Å². The molecule has 3 nitrogen and oxygen atoms in total. The van der Waals surface area contributed by atoms with Gasteiger partial charge in [-0.3, -0.25) is 4.90 Å². The standard InChI is InChI=1S/C16H28N2O/c1-5-8-13(2)15(11-17)18(3)12-14-9-6-7-10-16(14)19-4/h6-7,9-10,13,15H,5,8,11-12,17H2,1-4H3. The number of hydrogen-bond acceptors (Lipinski definition) is 3. The van der Waals surface area contributed by atoms with Gasteiger partial charge in [0.1, 0.15) is 5.75 Å². The predicted octanol–water partition coefficient (Wildman–Crippen LogP) is 2.89. The number of nitrogens with two attached hydrogens (primary N) is 1. The van der Waals surface area contributed by atoms with E-state index in [0.717, 1.165) is 12.3 Å². The summed E-state index contributed by atoms with van der Waals surface area (Å²) in [7, 11) is 3.87. The average molecular weight is 264 g/mol. The van der Waals surface area contributed by atoms with Gasteiger partial charge in [0.25, 0.3) is 0 Å². The van der Waals surface area contributed by atoms with Crippen LogP contribution in [0.25, 0.3) is 0 Å². The van der Waals surface area contributed by atoms with E-state index in [2.05, 4.69) is 37.9 Å². The number of rotatable bonds is 8. The van der Waals surface area contributed by atoms with Crippen LogP contribution in [0.1, 0.15) is 32.3 Å². The van der Waals surface area contributed by atoms with Crippen molar-refractivity contribution in [1.29, 1.82) is 0 Å². The van der Waals surface area contributed by atoms with Crippen LogP contribution in [0.15, 0.2) is 24.3 Å². The van der Waals surface area contributed by atoms with Gasteiger partial charge in [-0.1, -0.05) is 38.5 Å². The molecule has 1 aromatic carbocycles. The van der Waals surface area contributed by atoms with E-state index in [4.69, 9.17) is 10.5 Å². The molecular formula is C16H28N2O. The first-order chi connectivity index (χ1) is 9.13. The van der Waals surface area contributed by atoms with Crippen LogP contribution in [0, 0.1) is 5.92 Å². The fourth-order valence-corrected chi connectivity index (χ4v) is 2.71. The summed E-state index contributed by atoms with van der Waals surface area (Å²) >= 11 is 0. The number of para-hydroxylation sites is 1. The van der Waals surface area contributed by atoms with Crippen molar-refractivity contribution in [2.75, 3.05) is 20.7 Å². The van der Waals surface area contributed by atoms with Crippen LogP contribution in [0.5, 0.6) is 5.75 Å². The van der Waals surface area contributed by atoms with Crippen LogP contribution < -0.4 is 10.5 Å². The second-order valence-corrected chi connectivity index (χ2v) is 5.30. The third-order valence-corrected chi connectivity index (χ3v) is 3.82. The predicted molar refractivity (Wildman–Crippen MR) is 81.4 cm³/mol. The van der Waals surface area contributed by atoms with Gasteiger partial charge in [-0.15, -0.1) is 0 Å². The Morgan fingerprint density at radius 1 is 1.32 bits per heavy atom. The molecule has 19 heavy (non-hydrogen) atoms. The van der Waals surface area contributed by atoms with Gasteiger partial charge in [0.15, 0.2) is 0 Å². The van der Waals surface area contributed by atoms with Crippen molar-refractivity contribution in [3.8, 4) is 5.75 Å². The first-order valence-corrected chi connectivity index (χ1v) is 7.16. The number of benzene rings is 1. The van der Waals surface area contributed by atoms with E-state index in [9.17, 15) is 0 Å². The largest absolute Gasteiger partial charge is 0.496 e. The first-order valence-electron chi connectivity index (χ1n) is 7.16. The molecule has 0 saturated carbocycles. The molecule has 2 atom stereocenters. The Bertz CT molecular complexity index is 368. The molecule has 0 radical (unpaired) electrons. The molecule has 108 valence electrons. The molecule has 0 aliphatic rings. The SMILES string of the molecule is CCCC(C)C(CN)N(C)Cc1ccccc1OC. The molecule has 1 aromatic rings. The quantitative estimate of drug-likeness (QED) is 0.784. The highest BCUT2D eigenvalue weighted by Gasteiger charge is 2.20. The maximum Gasteiger partial charge on any atom is 0.123 e. The highest BCUT2D eigenvalue weighted by Crippen LogP contribution is 2.22. The summed E-state index contributed by atoms with van der Waals surface area (Å²) in [5, 5.41) is 0.